The van der Waals surface area contributed by atoms with Crippen LogP contribution in [0.2, 0.25) is 0 Å². The number of aryl methyl sites for hydroxylation is 3. The summed E-state index contributed by atoms with van der Waals surface area (Å²) in [5.74, 6) is 0. The zero-order valence-corrected chi connectivity index (χ0v) is 9.57. The molecule has 0 N–H and O–H groups in total. The average molecular weight is 208 g/mol. The van der Waals surface area contributed by atoms with Gasteiger partial charge in [-0.05, 0) is 0 Å². The van der Waals surface area contributed by atoms with Gasteiger partial charge in [0.05, 0.1) is 0 Å². The molecule has 0 amide bonds. The van der Waals surface area contributed by atoms with Gasteiger partial charge >= 0.3 is 32.7 Å². The normalized spacial score (nSPS) is 8.70. The van der Waals surface area contributed by atoms with Crippen LogP contribution >= 0.6 is 0 Å². The van der Waals surface area contributed by atoms with Gasteiger partial charge in [0.25, 0.3) is 0 Å². The van der Waals surface area contributed by atoms with Crippen LogP contribution in [-0.2, 0) is 32.7 Å². The Labute approximate surface area is 87.9 Å². The van der Waals surface area contributed by atoms with Gasteiger partial charge in [0.2, 0.25) is 0 Å². The molecule has 0 fully saturated rings. The molecule has 1 rings (SSSR count). The van der Waals surface area contributed by atoms with Gasteiger partial charge in [-0.2, -0.15) is 34.9 Å². The Kier molecular flexibility index (Phi) is 4.39. The van der Waals surface area contributed by atoms with Gasteiger partial charge < -0.3 is 0 Å². The molecule has 0 aliphatic rings. The third-order valence-corrected chi connectivity index (χ3v) is 1.56. The number of rotatable bonds is 0. The molecule has 0 heterocycles. The summed E-state index contributed by atoms with van der Waals surface area (Å²) in [6, 6.07) is 7.45. The molecule has 1 heteroatoms. The molecular formula is C9H11Y+2. The van der Waals surface area contributed by atoms with E-state index in [1.807, 2.05) is 0 Å². The van der Waals surface area contributed by atoms with E-state index in [0.717, 1.165) is 0 Å². The van der Waals surface area contributed by atoms with Crippen molar-refractivity contribution in [3.63, 3.8) is 0 Å². The molecule has 0 radical (unpaired) electrons. The molecule has 0 saturated carbocycles. The van der Waals surface area contributed by atoms with Crippen molar-refractivity contribution in [2.45, 2.75) is 20.8 Å². The van der Waals surface area contributed by atoms with E-state index in [1.165, 1.54) is 16.7 Å². The molecule has 48 valence electrons. The minimum atomic E-state index is 0. The molecule has 0 saturated heterocycles. The number of benzene rings is 1. The first kappa shape index (κ1) is 10.3. The molecule has 0 bridgehead atoms. The molecule has 0 aliphatic heterocycles. The van der Waals surface area contributed by atoms with Gasteiger partial charge in [-0.1, -0.05) is 20.8 Å². The van der Waals surface area contributed by atoms with Crippen molar-refractivity contribution in [3.05, 3.63) is 34.9 Å². The summed E-state index contributed by atoms with van der Waals surface area (Å²) in [7, 11) is 0. The second-order valence-corrected chi connectivity index (χ2v) is 2.45. The molecular weight excluding hydrogens is 197 g/mol. The average Bonchev–Trinajstić information content (AvgIpc) is 1.80. The van der Waals surface area contributed by atoms with Crippen LogP contribution in [0.4, 0.5) is 0 Å². The predicted octanol–water partition coefficient (Wildman–Crippen LogP) is 2.41. The van der Waals surface area contributed by atoms with Crippen molar-refractivity contribution >= 4 is 0 Å². The summed E-state index contributed by atoms with van der Waals surface area (Å²) in [6.45, 7) is 6.25. The zero-order chi connectivity index (χ0) is 6.85. The molecule has 0 aromatic heterocycles. The summed E-state index contributed by atoms with van der Waals surface area (Å²) in [5, 5.41) is 0. The third kappa shape index (κ3) is 2.52. The van der Waals surface area contributed by atoms with Crippen LogP contribution in [0.1, 0.15) is 16.7 Å². The summed E-state index contributed by atoms with van der Waals surface area (Å²) < 4.78 is 0. The summed E-state index contributed by atoms with van der Waals surface area (Å²) in [6.07, 6.45) is 0. The van der Waals surface area contributed by atoms with Crippen LogP contribution in [0.5, 0.6) is 0 Å². The smallest absolute Gasteiger partial charge is 0.177 e. The topological polar surface area (TPSA) is 0 Å². The van der Waals surface area contributed by atoms with Crippen molar-refractivity contribution in [1.29, 1.82) is 0 Å². The molecule has 1 aromatic carbocycles. The van der Waals surface area contributed by atoms with Crippen molar-refractivity contribution in [2.24, 2.45) is 0 Å². The maximum Gasteiger partial charge on any atom is 3.00 e. The van der Waals surface area contributed by atoms with Crippen LogP contribution in [-0.4, -0.2) is 0 Å². The first-order valence-electron chi connectivity index (χ1n) is 3.16. The van der Waals surface area contributed by atoms with E-state index >= 15 is 0 Å². The Bertz CT molecular complexity index is 216. The fourth-order valence-corrected chi connectivity index (χ4v) is 0.811. The second-order valence-electron chi connectivity index (χ2n) is 2.45. The van der Waals surface area contributed by atoms with Crippen LogP contribution in [0.3, 0.4) is 0 Å². The fraction of sp³-hybridized carbons (Fsp3) is 0.333. The van der Waals surface area contributed by atoms with Gasteiger partial charge in [0.1, 0.15) is 0 Å². The SMILES string of the molecule is Cc1[c-]c(C)c(C)cc1.[Y+3]. The van der Waals surface area contributed by atoms with Crippen molar-refractivity contribution in [2.75, 3.05) is 0 Å². The van der Waals surface area contributed by atoms with Crippen molar-refractivity contribution < 1.29 is 32.7 Å². The Morgan fingerprint density at radius 3 is 2.10 bits per heavy atom. The molecule has 0 atom stereocenters. The standard InChI is InChI=1S/C9H11.Y/c1-7-4-5-8(2)9(3)6-7;/h4-5H,1-3H3;/q-1;+3. The van der Waals surface area contributed by atoms with Gasteiger partial charge in [0, 0.05) is 0 Å². The van der Waals surface area contributed by atoms with E-state index < -0.39 is 0 Å². The summed E-state index contributed by atoms with van der Waals surface area (Å²) in [4.78, 5) is 0. The van der Waals surface area contributed by atoms with E-state index in [0.29, 0.717) is 0 Å². The van der Waals surface area contributed by atoms with Gasteiger partial charge in [0.15, 0.2) is 0 Å². The van der Waals surface area contributed by atoms with Gasteiger partial charge in [-0.25, -0.2) is 0 Å². The minimum Gasteiger partial charge on any atom is -0.177 e. The Morgan fingerprint density at radius 2 is 1.70 bits per heavy atom. The first-order valence-corrected chi connectivity index (χ1v) is 3.16. The van der Waals surface area contributed by atoms with Gasteiger partial charge in [-0.15, -0.1) is 0 Å². The predicted molar refractivity (Wildman–Crippen MR) is 39.5 cm³/mol. The van der Waals surface area contributed by atoms with Crippen molar-refractivity contribution in [3.8, 4) is 0 Å². The van der Waals surface area contributed by atoms with Crippen LogP contribution in [0, 0.1) is 26.8 Å². The number of hydrogen-bond acceptors (Lipinski definition) is 0. The van der Waals surface area contributed by atoms with Crippen LogP contribution < -0.4 is 0 Å². The monoisotopic (exact) mass is 208 g/mol. The Balaban J connectivity index is 0.000000810. The molecule has 0 spiro atoms. The largest absolute Gasteiger partial charge is 3.00 e. The van der Waals surface area contributed by atoms with Crippen molar-refractivity contribution in [1.82, 2.24) is 0 Å². The number of hydrogen-bond donors (Lipinski definition) is 0. The fourth-order valence-electron chi connectivity index (χ4n) is 0.811. The zero-order valence-electron chi connectivity index (χ0n) is 6.73. The first-order chi connectivity index (χ1) is 4.20. The quantitative estimate of drug-likeness (QED) is 0.574. The van der Waals surface area contributed by atoms with E-state index in [1.54, 1.807) is 0 Å². The van der Waals surface area contributed by atoms with E-state index in [9.17, 15) is 0 Å². The molecule has 10 heavy (non-hydrogen) atoms. The van der Waals surface area contributed by atoms with E-state index in [4.69, 9.17) is 0 Å². The molecule has 0 nitrogen and oxygen atoms in total. The minimum absolute atomic E-state index is 0. The molecule has 0 aliphatic carbocycles. The third-order valence-electron chi connectivity index (χ3n) is 1.56. The summed E-state index contributed by atoms with van der Waals surface area (Å²) >= 11 is 0. The molecule has 0 unspecified atom stereocenters. The van der Waals surface area contributed by atoms with Crippen LogP contribution in [0.25, 0.3) is 0 Å². The maximum absolute atomic E-state index is 3.24. The summed E-state index contributed by atoms with van der Waals surface area (Å²) in [5.41, 5.74) is 3.80. The Hall–Kier alpha value is 0.324. The molecule has 1 aromatic rings. The van der Waals surface area contributed by atoms with Gasteiger partial charge in [-0.3, -0.25) is 0 Å². The Morgan fingerprint density at radius 1 is 1.10 bits per heavy atom. The van der Waals surface area contributed by atoms with E-state index in [2.05, 4.69) is 39.0 Å². The maximum atomic E-state index is 3.24. The second kappa shape index (κ2) is 4.25. The van der Waals surface area contributed by atoms with Crippen LogP contribution in [0.15, 0.2) is 12.1 Å². The van der Waals surface area contributed by atoms with E-state index in [-0.39, 0.29) is 32.7 Å².